The Morgan fingerprint density at radius 1 is 1.14 bits per heavy atom. The van der Waals surface area contributed by atoms with Gasteiger partial charge >= 0.3 is 0 Å². The molecule has 0 bridgehead atoms. The van der Waals surface area contributed by atoms with Gasteiger partial charge in [0.25, 0.3) is 0 Å². The maximum Gasteiger partial charge on any atom is 0.0568 e. The zero-order valence-corrected chi connectivity index (χ0v) is 15.0. The average molecular weight is 367 g/mol. The minimum atomic E-state index is 0.132. The van der Waals surface area contributed by atoms with Gasteiger partial charge in [-0.1, -0.05) is 55.8 Å². The quantitative estimate of drug-likeness (QED) is 0.657. The normalized spacial score (nSPS) is 13.0. The molecule has 0 saturated heterocycles. The molecule has 1 nitrogen and oxygen atoms in total. The number of anilines is 1. The summed E-state index contributed by atoms with van der Waals surface area (Å²) in [6.45, 7) is 6.78. The summed E-state index contributed by atoms with van der Waals surface area (Å²) in [5.41, 5.74) is 2.55. The number of halogens is 2. The molecule has 0 aliphatic rings. The third kappa shape index (κ3) is 4.49. The summed E-state index contributed by atoms with van der Waals surface area (Å²) in [6.07, 6.45) is 1.05. The standard InChI is InChI=1S/C18H21BrClN/c1-13(21-15-9-10-16(19)17(20)11-15)12-18(2,3)14-7-5-4-6-8-14/h4-11,13,21H,12H2,1-3H3. The molecular formula is C18H21BrClN. The van der Waals surface area contributed by atoms with Crippen molar-refractivity contribution in [3.63, 3.8) is 0 Å². The van der Waals surface area contributed by atoms with Crippen molar-refractivity contribution >= 4 is 33.2 Å². The molecule has 112 valence electrons. The van der Waals surface area contributed by atoms with Crippen molar-refractivity contribution < 1.29 is 0 Å². The molecule has 1 unspecified atom stereocenters. The first kappa shape index (κ1) is 16.4. The maximum atomic E-state index is 6.14. The third-order valence-corrected chi connectivity index (χ3v) is 4.94. The zero-order chi connectivity index (χ0) is 15.5. The van der Waals surface area contributed by atoms with Crippen molar-refractivity contribution in [2.75, 3.05) is 5.32 Å². The molecule has 0 heterocycles. The van der Waals surface area contributed by atoms with E-state index in [1.807, 2.05) is 18.2 Å². The number of benzene rings is 2. The topological polar surface area (TPSA) is 12.0 Å². The lowest BCUT2D eigenvalue weighted by Crippen LogP contribution is -2.27. The summed E-state index contributed by atoms with van der Waals surface area (Å²) >= 11 is 9.55. The molecule has 0 saturated carbocycles. The Morgan fingerprint density at radius 2 is 1.81 bits per heavy atom. The van der Waals surface area contributed by atoms with E-state index in [1.165, 1.54) is 5.56 Å². The van der Waals surface area contributed by atoms with Crippen LogP contribution in [0.4, 0.5) is 5.69 Å². The predicted molar refractivity (Wildman–Crippen MR) is 96.3 cm³/mol. The molecule has 1 N–H and O–H groups in total. The molecule has 1 atom stereocenters. The minimum absolute atomic E-state index is 0.132. The van der Waals surface area contributed by atoms with E-state index < -0.39 is 0 Å². The largest absolute Gasteiger partial charge is 0.383 e. The fourth-order valence-electron chi connectivity index (χ4n) is 2.69. The first-order chi connectivity index (χ1) is 9.88. The van der Waals surface area contributed by atoms with Crippen molar-refractivity contribution in [1.82, 2.24) is 0 Å². The molecule has 0 fully saturated rings. The lowest BCUT2D eigenvalue weighted by molar-refractivity contribution is 0.450. The van der Waals surface area contributed by atoms with Crippen LogP contribution in [0, 0.1) is 0 Å². The highest BCUT2D eigenvalue weighted by atomic mass is 79.9. The fraction of sp³-hybridized carbons (Fsp3) is 0.333. The summed E-state index contributed by atoms with van der Waals surface area (Å²) < 4.78 is 0.923. The molecule has 2 rings (SSSR count). The fourth-order valence-corrected chi connectivity index (χ4v) is 3.12. The van der Waals surface area contributed by atoms with Crippen molar-refractivity contribution in [3.8, 4) is 0 Å². The van der Waals surface area contributed by atoms with E-state index in [2.05, 4.69) is 72.3 Å². The van der Waals surface area contributed by atoms with Crippen LogP contribution in [0.1, 0.15) is 32.8 Å². The van der Waals surface area contributed by atoms with E-state index in [4.69, 9.17) is 11.6 Å². The molecule has 0 radical (unpaired) electrons. The van der Waals surface area contributed by atoms with Crippen LogP contribution in [0.2, 0.25) is 5.02 Å². The molecule has 0 aliphatic carbocycles. The van der Waals surface area contributed by atoms with Gasteiger partial charge in [-0.05, 0) is 58.5 Å². The van der Waals surface area contributed by atoms with Crippen LogP contribution in [0.15, 0.2) is 53.0 Å². The van der Waals surface area contributed by atoms with E-state index in [-0.39, 0.29) is 5.41 Å². The molecule has 0 amide bonds. The Balaban J connectivity index is 2.04. The summed E-state index contributed by atoms with van der Waals surface area (Å²) in [5.74, 6) is 0. The second-order valence-electron chi connectivity index (χ2n) is 6.13. The summed E-state index contributed by atoms with van der Waals surface area (Å²) in [5, 5.41) is 4.26. The molecule has 0 aromatic heterocycles. The lowest BCUT2D eigenvalue weighted by Gasteiger charge is -2.29. The van der Waals surface area contributed by atoms with E-state index >= 15 is 0 Å². The van der Waals surface area contributed by atoms with Gasteiger partial charge in [0, 0.05) is 16.2 Å². The van der Waals surface area contributed by atoms with Crippen molar-refractivity contribution in [1.29, 1.82) is 0 Å². The van der Waals surface area contributed by atoms with E-state index in [1.54, 1.807) is 0 Å². The average Bonchev–Trinajstić information content (AvgIpc) is 2.43. The van der Waals surface area contributed by atoms with Crippen molar-refractivity contribution in [3.05, 3.63) is 63.6 Å². The first-order valence-corrected chi connectivity index (χ1v) is 8.33. The number of hydrogen-bond donors (Lipinski definition) is 1. The maximum absolute atomic E-state index is 6.14. The Kier molecular flexibility index (Phi) is 5.34. The second kappa shape index (κ2) is 6.85. The van der Waals surface area contributed by atoms with Crippen LogP contribution in [-0.2, 0) is 5.41 Å². The third-order valence-electron chi connectivity index (χ3n) is 3.70. The highest BCUT2D eigenvalue weighted by molar-refractivity contribution is 9.10. The van der Waals surface area contributed by atoms with Crippen molar-refractivity contribution in [2.24, 2.45) is 0 Å². The molecule has 2 aromatic carbocycles. The highest BCUT2D eigenvalue weighted by Gasteiger charge is 2.23. The van der Waals surface area contributed by atoms with Gasteiger partial charge in [-0.25, -0.2) is 0 Å². The van der Waals surface area contributed by atoms with Gasteiger partial charge in [0.05, 0.1) is 5.02 Å². The number of nitrogens with one attached hydrogen (secondary N) is 1. The Hall–Kier alpha value is -0.990. The SMILES string of the molecule is CC(CC(C)(C)c1ccccc1)Nc1ccc(Br)c(Cl)c1. The first-order valence-electron chi connectivity index (χ1n) is 7.15. The number of rotatable bonds is 5. The van der Waals surface area contributed by atoms with E-state index in [9.17, 15) is 0 Å². The Bertz CT molecular complexity index is 595. The Morgan fingerprint density at radius 3 is 2.43 bits per heavy atom. The zero-order valence-electron chi connectivity index (χ0n) is 12.7. The highest BCUT2D eigenvalue weighted by Crippen LogP contribution is 2.30. The van der Waals surface area contributed by atoms with E-state index in [0.717, 1.165) is 21.6 Å². The smallest absolute Gasteiger partial charge is 0.0568 e. The molecule has 0 aliphatic heterocycles. The number of hydrogen-bond acceptors (Lipinski definition) is 1. The van der Waals surface area contributed by atoms with Gasteiger partial charge in [-0.15, -0.1) is 0 Å². The summed E-state index contributed by atoms with van der Waals surface area (Å²) in [7, 11) is 0. The monoisotopic (exact) mass is 365 g/mol. The molecule has 21 heavy (non-hydrogen) atoms. The lowest BCUT2D eigenvalue weighted by atomic mass is 9.79. The summed E-state index contributed by atoms with van der Waals surface area (Å²) in [4.78, 5) is 0. The van der Waals surface area contributed by atoms with Gasteiger partial charge in [0.2, 0.25) is 0 Å². The minimum Gasteiger partial charge on any atom is -0.383 e. The second-order valence-corrected chi connectivity index (χ2v) is 7.39. The van der Waals surface area contributed by atoms with Gasteiger partial charge in [-0.2, -0.15) is 0 Å². The van der Waals surface area contributed by atoms with Gasteiger partial charge in [0.1, 0.15) is 0 Å². The molecule has 2 aromatic rings. The van der Waals surface area contributed by atoms with Crippen molar-refractivity contribution in [2.45, 2.75) is 38.6 Å². The van der Waals surface area contributed by atoms with Crippen LogP contribution in [0.5, 0.6) is 0 Å². The van der Waals surface area contributed by atoms with E-state index in [0.29, 0.717) is 6.04 Å². The Labute approximate surface area is 140 Å². The van der Waals surface area contributed by atoms with Crippen LogP contribution in [0.25, 0.3) is 0 Å². The van der Waals surface area contributed by atoms with Gasteiger partial charge in [0.15, 0.2) is 0 Å². The predicted octanol–water partition coefficient (Wildman–Crippen LogP) is 6.27. The van der Waals surface area contributed by atoms with Crippen LogP contribution >= 0.6 is 27.5 Å². The summed E-state index contributed by atoms with van der Waals surface area (Å²) in [6, 6.07) is 17.0. The molecule has 0 spiro atoms. The van der Waals surface area contributed by atoms with Crippen LogP contribution < -0.4 is 5.32 Å². The van der Waals surface area contributed by atoms with Gasteiger partial charge < -0.3 is 5.32 Å². The van der Waals surface area contributed by atoms with Gasteiger partial charge in [-0.3, -0.25) is 0 Å². The van der Waals surface area contributed by atoms with Crippen LogP contribution in [0.3, 0.4) is 0 Å². The van der Waals surface area contributed by atoms with Crippen LogP contribution in [-0.4, -0.2) is 6.04 Å². The molecule has 3 heteroatoms. The molecular weight excluding hydrogens is 346 g/mol.